The molecule has 0 aromatic heterocycles. The Morgan fingerprint density at radius 1 is 1.15 bits per heavy atom. The molecule has 13 heavy (non-hydrogen) atoms. The van der Waals surface area contributed by atoms with Gasteiger partial charge in [-0.1, -0.05) is 0 Å². The van der Waals surface area contributed by atoms with Gasteiger partial charge in [-0.05, 0) is 6.92 Å². The number of ketones is 2. The van der Waals surface area contributed by atoms with Crippen molar-refractivity contribution >= 4 is 17.5 Å². The van der Waals surface area contributed by atoms with Crippen LogP contribution in [0.15, 0.2) is 0 Å². The summed E-state index contributed by atoms with van der Waals surface area (Å²) in [4.78, 5) is 31.9. The van der Waals surface area contributed by atoms with Crippen LogP contribution >= 0.6 is 0 Å². The number of hydrogen-bond acceptors (Lipinski definition) is 5. The van der Waals surface area contributed by atoms with Gasteiger partial charge in [0.2, 0.25) is 0 Å². The Morgan fingerprint density at radius 3 is 2.23 bits per heavy atom. The summed E-state index contributed by atoms with van der Waals surface area (Å²) in [5.74, 6) is -1.26. The molecule has 0 radical (unpaired) electrons. The zero-order valence-corrected chi connectivity index (χ0v) is 7.66. The van der Waals surface area contributed by atoms with Gasteiger partial charge in [0.1, 0.15) is 12.4 Å². The number of ether oxygens (including phenoxy) is 2. The Labute approximate surface area is 76.0 Å². The third-order valence-electron chi connectivity index (χ3n) is 1.10. The Morgan fingerprint density at radius 2 is 1.77 bits per heavy atom. The number of carbonyl (C=O) groups excluding carboxylic acids is 3. The Balaban J connectivity index is 3.58. The van der Waals surface area contributed by atoms with Crippen LogP contribution in [0.5, 0.6) is 0 Å². The van der Waals surface area contributed by atoms with Crippen molar-refractivity contribution in [2.45, 2.75) is 13.3 Å². The lowest BCUT2D eigenvalue weighted by atomic mass is 10.2. The van der Waals surface area contributed by atoms with Crippen molar-refractivity contribution in [1.82, 2.24) is 0 Å². The van der Waals surface area contributed by atoms with Crippen molar-refractivity contribution in [1.29, 1.82) is 0 Å². The topological polar surface area (TPSA) is 69.7 Å². The van der Waals surface area contributed by atoms with E-state index in [9.17, 15) is 14.4 Å². The minimum atomic E-state index is -0.612. The molecule has 0 bridgehead atoms. The quantitative estimate of drug-likeness (QED) is 0.423. The molecule has 0 amide bonds. The standard InChI is InChI=1S/C8H12O5/c1-6(9)3-7(10)4-13-8(11)5-12-2/h3-5H2,1-2H3. The molecule has 74 valence electrons. The highest BCUT2D eigenvalue weighted by molar-refractivity contribution is 5.99. The second kappa shape index (κ2) is 6.30. The molecule has 0 saturated heterocycles. The molecule has 0 atom stereocenters. The number of methoxy groups -OCH3 is 1. The van der Waals surface area contributed by atoms with E-state index in [0.717, 1.165) is 0 Å². The maximum absolute atomic E-state index is 10.8. The largest absolute Gasteiger partial charge is 0.456 e. The van der Waals surface area contributed by atoms with Gasteiger partial charge >= 0.3 is 5.97 Å². The Kier molecular flexibility index (Phi) is 5.71. The maximum Gasteiger partial charge on any atom is 0.332 e. The molecule has 0 aliphatic carbocycles. The van der Waals surface area contributed by atoms with Crippen LogP contribution in [-0.2, 0) is 23.9 Å². The lowest BCUT2D eigenvalue weighted by Gasteiger charge is -2.01. The lowest BCUT2D eigenvalue weighted by Crippen LogP contribution is -2.18. The monoisotopic (exact) mass is 188 g/mol. The fourth-order valence-electron chi connectivity index (χ4n) is 0.649. The summed E-state index contributed by atoms with van der Waals surface area (Å²) in [5.41, 5.74) is 0. The zero-order valence-electron chi connectivity index (χ0n) is 7.66. The van der Waals surface area contributed by atoms with Gasteiger partial charge in [0, 0.05) is 7.11 Å². The highest BCUT2D eigenvalue weighted by atomic mass is 16.6. The number of carbonyl (C=O) groups is 3. The van der Waals surface area contributed by atoms with Crippen LogP contribution < -0.4 is 0 Å². The number of Topliss-reactive ketones (excluding diaryl/α,β-unsaturated/α-hetero) is 2. The predicted octanol–water partition coefficient (Wildman–Crippen LogP) is -0.276. The van der Waals surface area contributed by atoms with E-state index in [2.05, 4.69) is 9.47 Å². The second-order valence-corrected chi connectivity index (χ2v) is 2.51. The summed E-state index contributed by atoms with van der Waals surface area (Å²) in [5, 5.41) is 0. The molecule has 0 aromatic rings. The summed E-state index contributed by atoms with van der Waals surface area (Å²) in [6, 6.07) is 0. The summed E-state index contributed by atoms with van der Waals surface area (Å²) >= 11 is 0. The summed E-state index contributed by atoms with van der Waals surface area (Å²) in [6.07, 6.45) is -0.194. The molecule has 5 nitrogen and oxygen atoms in total. The van der Waals surface area contributed by atoms with E-state index in [1.165, 1.54) is 14.0 Å². The maximum atomic E-state index is 10.8. The van der Waals surface area contributed by atoms with Crippen molar-refractivity contribution in [3.63, 3.8) is 0 Å². The summed E-state index contributed by atoms with van der Waals surface area (Å²) in [7, 11) is 1.35. The Hall–Kier alpha value is -1.23. The highest BCUT2D eigenvalue weighted by Gasteiger charge is 2.08. The molecule has 0 aliphatic rings. The van der Waals surface area contributed by atoms with E-state index in [1.54, 1.807) is 0 Å². The molecular weight excluding hydrogens is 176 g/mol. The highest BCUT2D eigenvalue weighted by Crippen LogP contribution is 1.88. The van der Waals surface area contributed by atoms with Gasteiger partial charge in [-0.15, -0.1) is 0 Å². The molecule has 0 rings (SSSR count). The third kappa shape index (κ3) is 7.14. The van der Waals surface area contributed by atoms with Crippen molar-refractivity contribution in [2.75, 3.05) is 20.3 Å². The first-order chi connectivity index (χ1) is 6.06. The molecule has 0 aromatic carbocycles. The average molecular weight is 188 g/mol. The summed E-state index contributed by atoms with van der Waals surface area (Å²) < 4.78 is 8.94. The average Bonchev–Trinajstić information content (AvgIpc) is 2.00. The second-order valence-electron chi connectivity index (χ2n) is 2.51. The van der Waals surface area contributed by atoms with Crippen LogP contribution in [0.4, 0.5) is 0 Å². The van der Waals surface area contributed by atoms with Crippen molar-refractivity contribution in [3.8, 4) is 0 Å². The van der Waals surface area contributed by atoms with Crippen molar-refractivity contribution < 1.29 is 23.9 Å². The van der Waals surface area contributed by atoms with E-state index >= 15 is 0 Å². The number of hydrogen-bond donors (Lipinski definition) is 0. The molecule has 0 N–H and O–H groups in total. The predicted molar refractivity (Wildman–Crippen MR) is 43.1 cm³/mol. The minimum Gasteiger partial charge on any atom is -0.456 e. The van der Waals surface area contributed by atoms with E-state index in [1.807, 2.05) is 0 Å². The fourth-order valence-corrected chi connectivity index (χ4v) is 0.649. The van der Waals surface area contributed by atoms with Gasteiger partial charge in [-0.25, -0.2) is 4.79 Å². The van der Waals surface area contributed by atoms with Gasteiger partial charge in [-0.2, -0.15) is 0 Å². The molecule has 0 spiro atoms. The van der Waals surface area contributed by atoms with E-state index in [-0.39, 0.29) is 25.4 Å². The SMILES string of the molecule is COCC(=O)OCC(=O)CC(C)=O. The van der Waals surface area contributed by atoms with Gasteiger partial charge in [0.25, 0.3) is 0 Å². The van der Waals surface area contributed by atoms with Gasteiger partial charge < -0.3 is 9.47 Å². The lowest BCUT2D eigenvalue weighted by molar-refractivity contribution is -0.152. The molecule has 5 heteroatoms. The minimum absolute atomic E-state index is 0.187. The van der Waals surface area contributed by atoms with Crippen LogP contribution in [0.2, 0.25) is 0 Å². The van der Waals surface area contributed by atoms with Gasteiger partial charge in [0.05, 0.1) is 6.42 Å². The Bertz CT molecular complexity index is 209. The smallest absolute Gasteiger partial charge is 0.332 e. The first-order valence-corrected chi connectivity index (χ1v) is 3.72. The molecule has 0 unspecified atom stereocenters. The number of rotatable bonds is 6. The molecule has 0 heterocycles. The van der Waals surface area contributed by atoms with Crippen LogP contribution in [0.3, 0.4) is 0 Å². The van der Waals surface area contributed by atoms with E-state index in [0.29, 0.717) is 0 Å². The molecular formula is C8H12O5. The van der Waals surface area contributed by atoms with Crippen molar-refractivity contribution in [3.05, 3.63) is 0 Å². The molecule has 0 fully saturated rings. The third-order valence-corrected chi connectivity index (χ3v) is 1.10. The van der Waals surface area contributed by atoms with Gasteiger partial charge in [-0.3, -0.25) is 9.59 Å². The van der Waals surface area contributed by atoms with Gasteiger partial charge in [0.15, 0.2) is 12.4 Å². The van der Waals surface area contributed by atoms with Crippen molar-refractivity contribution in [2.24, 2.45) is 0 Å². The van der Waals surface area contributed by atoms with E-state index in [4.69, 9.17) is 0 Å². The van der Waals surface area contributed by atoms with Crippen LogP contribution in [0, 0.1) is 0 Å². The normalized spacial score (nSPS) is 9.38. The van der Waals surface area contributed by atoms with Crippen LogP contribution in [-0.4, -0.2) is 37.9 Å². The zero-order chi connectivity index (χ0) is 10.3. The molecule has 0 aliphatic heterocycles. The molecule has 0 saturated carbocycles. The fraction of sp³-hybridized carbons (Fsp3) is 0.625. The summed E-state index contributed by atoms with van der Waals surface area (Å²) in [6.45, 7) is 0.754. The number of esters is 1. The van der Waals surface area contributed by atoms with Crippen LogP contribution in [0.25, 0.3) is 0 Å². The van der Waals surface area contributed by atoms with E-state index < -0.39 is 11.8 Å². The first-order valence-electron chi connectivity index (χ1n) is 3.72. The first kappa shape index (κ1) is 11.8. The van der Waals surface area contributed by atoms with Crippen LogP contribution in [0.1, 0.15) is 13.3 Å².